The molecule has 6 aromatic heterocycles. The Kier molecular flexibility index (Phi) is 3.85. The average molecular weight is 745 g/mol. The Bertz CT molecular complexity index is 4810. The lowest BCUT2D eigenvalue weighted by Gasteiger charge is -2.08. The summed E-state index contributed by atoms with van der Waals surface area (Å²) in [4.78, 5) is 0. The molecule has 0 aliphatic heterocycles. The van der Waals surface area contributed by atoms with Gasteiger partial charge in [0.1, 0.15) is 0 Å². The van der Waals surface area contributed by atoms with E-state index in [2.05, 4.69) is 75.5 Å². The second-order valence-corrected chi connectivity index (χ2v) is 15.4. The highest BCUT2D eigenvalue weighted by Crippen LogP contribution is 2.49. The van der Waals surface area contributed by atoms with Crippen molar-refractivity contribution >= 4 is 120 Å². The molecule has 15 rings (SSSR count). The van der Waals surface area contributed by atoms with E-state index in [1.54, 1.807) is 0 Å². The van der Waals surface area contributed by atoms with Crippen molar-refractivity contribution in [3.05, 3.63) is 182 Å². The minimum absolute atomic E-state index is 0.105. The predicted octanol–water partition coefficient (Wildman–Crippen LogP) is 14.2. The van der Waals surface area contributed by atoms with Crippen LogP contribution in [0.5, 0.6) is 0 Å². The van der Waals surface area contributed by atoms with E-state index in [0.717, 1.165) is 120 Å². The first-order valence-electron chi connectivity index (χ1n) is 24.3. The molecule has 15 aromatic rings. The van der Waals surface area contributed by atoms with Gasteiger partial charge >= 0.3 is 0 Å². The Morgan fingerprint density at radius 3 is 1.50 bits per heavy atom. The largest absolute Gasteiger partial charge is 0.309 e. The topological polar surface area (TPSA) is 18.7 Å². The van der Waals surface area contributed by atoms with Crippen molar-refractivity contribution in [1.29, 1.82) is 0 Å². The zero-order chi connectivity index (χ0) is 46.1. The molecule has 9 aromatic carbocycles. The van der Waals surface area contributed by atoms with Gasteiger partial charge in [-0.15, -0.1) is 0 Å². The summed E-state index contributed by atoms with van der Waals surface area (Å²) in [6, 6.07) is 37.9. The van der Waals surface area contributed by atoms with Crippen molar-refractivity contribution in [2.75, 3.05) is 0 Å². The highest BCUT2D eigenvalue weighted by Gasteiger charge is 2.27. The minimum atomic E-state index is -0.436. The summed E-state index contributed by atoms with van der Waals surface area (Å²) in [5.41, 5.74) is 9.26. The van der Waals surface area contributed by atoms with Crippen LogP contribution in [0.1, 0.15) is 13.7 Å². The molecule has 0 saturated carbocycles. The zero-order valence-electron chi connectivity index (χ0n) is 40.3. The van der Waals surface area contributed by atoms with Gasteiger partial charge in [0.2, 0.25) is 0 Å². The molecular weight excluding hydrogens is 705 g/mol. The molecule has 0 bridgehead atoms. The average Bonchev–Trinajstić information content (AvgIpc) is 4.19. The van der Waals surface area contributed by atoms with Crippen molar-refractivity contribution < 1.29 is 13.7 Å². The van der Waals surface area contributed by atoms with Crippen LogP contribution in [0, 0.1) is 0 Å². The van der Waals surface area contributed by atoms with E-state index in [0.29, 0.717) is 0 Å². The van der Waals surface area contributed by atoms with Crippen LogP contribution < -0.4 is 0 Å². The molecule has 0 spiro atoms. The van der Waals surface area contributed by atoms with Crippen LogP contribution in [0.15, 0.2) is 182 Å². The molecule has 0 aliphatic rings. The molecule has 0 radical (unpaired) electrons. The lowest BCUT2D eigenvalue weighted by atomic mass is 10.0. The van der Waals surface area contributed by atoms with Crippen LogP contribution in [-0.2, 0) is 0 Å². The summed E-state index contributed by atoms with van der Waals surface area (Å²) >= 11 is 0. The Morgan fingerprint density at radius 2 is 0.776 bits per heavy atom. The van der Waals surface area contributed by atoms with E-state index in [4.69, 9.17) is 13.7 Å². The Hall–Kier alpha value is -7.82. The number of hydrogen-bond donors (Lipinski definition) is 0. The maximum atomic E-state index is 9.12. The van der Waals surface area contributed by atoms with Gasteiger partial charge in [-0.2, -0.15) is 0 Å². The van der Waals surface area contributed by atoms with Gasteiger partial charge in [0.25, 0.3) is 0 Å². The van der Waals surface area contributed by atoms with Crippen LogP contribution in [0.2, 0.25) is 0 Å². The first-order chi connectivity index (χ1) is 33.0. The molecule has 266 valence electrons. The maximum Gasteiger partial charge on any atom is 0.0645 e. The van der Waals surface area contributed by atoms with Crippen molar-refractivity contribution in [2.45, 2.75) is 0 Å². The molecule has 4 heteroatoms. The number of aromatic nitrogens is 4. The Labute approximate surface area is 343 Å². The Balaban J connectivity index is 1.12. The fraction of sp³-hybridized carbons (Fsp3) is 0. The number of nitrogens with zero attached hydrogens (tertiary/aromatic N) is 4. The summed E-state index contributed by atoms with van der Waals surface area (Å²) < 4.78 is 95.7. The van der Waals surface area contributed by atoms with Gasteiger partial charge in [-0.25, -0.2) is 0 Å². The van der Waals surface area contributed by atoms with Crippen molar-refractivity contribution in [2.24, 2.45) is 0 Å². The lowest BCUT2D eigenvalue weighted by molar-refractivity contribution is 1.18. The van der Waals surface area contributed by atoms with Crippen molar-refractivity contribution in [1.82, 2.24) is 17.9 Å². The third kappa shape index (κ3) is 3.34. The van der Waals surface area contributed by atoms with Crippen LogP contribution >= 0.6 is 0 Å². The van der Waals surface area contributed by atoms with E-state index >= 15 is 0 Å². The smallest absolute Gasteiger partial charge is 0.0645 e. The molecule has 6 heterocycles. The third-order valence-corrected chi connectivity index (χ3v) is 12.7. The zero-order valence-corrected chi connectivity index (χ0v) is 30.3. The quantitative estimate of drug-likeness (QED) is 0.168. The fourth-order valence-corrected chi connectivity index (χ4v) is 10.6. The molecule has 0 aliphatic carbocycles. The second-order valence-electron chi connectivity index (χ2n) is 15.4. The summed E-state index contributed by atoms with van der Waals surface area (Å²) in [6.45, 7) is 0. The minimum Gasteiger partial charge on any atom is -0.309 e. The van der Waals surface area contributed by atoms with Gasteiger partial charge in [-0.3, -0.25) is 0 Å². The van der Waals surface area contributed by atoms with Crippen molar-refractivity contribution in [3.8, 4) is 11.4 Å². The Morgan fingerprint density at radius 1 is 0.293 bits per heavy atom. The highest BCUT2D eigenvalue weighted by atomic mass is 15.0. The monoisotopic (exact) mass is 744 g/mol. The number of fused-ring (bicyclic) bond motifs is 19. The highest BCUT2D eigenvalue weighted by molar-refractivity contribution is 6.37. The first-order valence-corrected chi connectivity index (χ1v) is 19.3. The summed E-state index contributed by atoms with van der Waals surface area (Å²) in [6.07, 6.45) is 0. The summed E-state index contributed by atoms with van der Waals surface area (Å²) in [5, 5.41) is 11.8. The molecule has 0 saturated heterocycles. The SMILES string of the molecule is [2H]c1c([2H])c([2H])c(-n2c3ccccc3c3cc4c(cc32)c2cccc3c5cc6c7c8c9ccccc9n(-c9c([2H])c([2H])c([2H])c([2H])c9[2H])c8cc8c9ccccc9n(c6cc5n4c23)c87)c([2H])c1[2H]. The van der Waals surface area contributed by atoms with Gasteiger partial charge < -0.3 is 17.9 Å². The molecule has 58 heavy (non-hydrogen) atoms. The number of hydrogen-bond acceptors (Lipinski definition) is 0. The van der Waals surface area contributed by atoms with Gasteiger partial charge in [-0.05, 0) is 72.7 Å². The van der Waals surface area contributed by atoms with E-state index in [-0.39, 0.29) is 59.7 Å². The first kappa shape index (κ1) is 22.1. The number of rotatable bonds is 2. The van der Waals surface area contributed by atoms with E-state index in [1.807, 2.05) is 63.7 Å². The second kappa shape index (κ2) is 10.1. The number of para-hydroxylation sites is 6. The van der Waals surface area contributed by atoms with E-state index in [9.17, 15) is 0 Å². The third-order valence-electron chi connectivity index (χ3n) is 12.7. The van der Waals surface area contributed by atoms with Gasteiger partial charge in [-0.1, -0.05) is 109 Å². The normalized spacial score (nSPS) is 15.2. The van der Waals surface area contributed by atoms with Crippen LogP contribution in [0.25, 0.3) is 131 Å². The molecule has 0 fully saturated rings. The maximum absolute atomic E-state index is 9.12. The van der Waals surface area contributed by atoms with Crippen LogP contribution in [0.4, 0.5) is 0 Å². The summed E-state index contributed by atoms with van der Waals surface area (Å²) in [5.74, 6) is 0. The lowest BCUT2D eigenvalue weighted by Crippen LogP contribution is -1.92. The predicted molar refractivity (Wildman–Crippen MR) is 244 cm³/mol. The van der Waals surface area contributed by atoms with Crippen LogP contribution in [-0.4, -0.2) is 17.9 Å². The van der Waals surface area contributed by atoms with E-state index < -0.39 is 12.1 Å². The molecule has 0 amide bonds. The molecule has 0 N–H and O–H groups in total. The molecule has 4 nitrogen and oxygen atoms in total. The van der Waals surface area contributed by atoms with Gasteiger partial charge in [0.05, 0.1) is 68.9 Å². The standard InChI is InChI=1S/C54H30N4/c1-3-14-31(15-4-1)55-43-23-10-7-18-33(43)39-27-47-40(28-46(39)55)36-22-13-21-35-38-26-42-49(30-48(38)58(47)53(35)36)57-44-24-11-8-19-34(44)41-29-50-51(52(42)54(41)57)37-20-9-12-25-45(37)56(50)32-16-5-2-6-17-32/h1-30H/i1D,2D,3D,4D,5D,6D,14D,15D,16D,17D. The molecule has 0 unspecified atom stereocenters. The summed E-state index contributed by atoms with van der Waals surface area (Å²) in [7, 11) is 0. The molecule has 0 atom stereocenters. The molecular formula is C54H30N4. The number of benzene rings is 9. The van der Waals surface area contributed by atoms with Crippen molar-refractivity contribution in [3.63, 3.8) is 0 Å². The van der Waals surface area contributed by atoms with E-state index in [1.165, 1.54) is 0 Å². The van der Waals surface area contributed by atoms with Gasteiger partial charge in [0, 0.05) is 76.0 Å². The fourth-order valence-electron chi connectivity index (χ4n) is 10.6. The van der Waals surface area contributed by atoms with Gasteiger partial charge in [0.15, 0.2) is 0 Å². The van der Waals surface area contributed by atoms with Crippen LogP contribution in [0.3, 0.4) is 0 Å².